The van der Waals surface area contributed by atoms with Gasteiger partial charge in [0.05, 0.1) is 12.7 Å². The zero-order valence-corrected chi connectivity index (χ0v) is 11.8. The van der Waals surface area contributed by atoms with Crippen LogP contribution in [0, 0.1) is 10.1 Å². The largest absolute Gasteiger partial charge is 0.372 e. The maximum absolute atomic E-state index is 11.3. The summed E-state index contributed by atoms with van der Waals surface area (Å²) in [6.07, 6.45) is 3.45. The van der Waals surface area contributed by atoms with Crippen LogP contribution in [0.5, 0.6) is 0 Å². The van der Waals surface area contributed by atoms with Crippen LogP contribution < -0.4 is 5.32 Å². The van der Waals surface area contributed by atoms with Gasteiger partial charge in [-0.05, 0) is 23.1 Å². The molecule has 23 heavy (non-hydrogen) atoms. The first-order valence-electron chi connectivity index (χ1n) is 6.88. The van der Waals surface area contributed by atoms with E-state index in [-0.39, 0.29) is 18.2 Å². The van der Waals surface area contributed by atoms with E-state index in [4.69, 9.17) is 0 Å². The van der Waals surface area contributed by atoms with Gasteiger partial charge < -0.3 is 15.4 Å². The van der Waals surface area contributed by atoms with Crippen molar-refractivity contribution in [1.29, 1.82) is 0 Å². The molecule has 0 saturated heterocycles. The van der Waals surface area contributed by atoms with Crippen molar-refractivity contribution in [2.45, 2.75) is 6.54 Å². The van der Waals surface area contributed by atoms with Crippen LogP contribution in [0.3, 0.4) is 0 Å². The second-order valence-electron chi connectivity index (χ2n) is 4.87. The number of anilines is 1. The monoisotopic (exact) mass is 309 g/mol. The summed E-state index contributed by atoms with van der Waals surface area (Å²) < 4.78 is 3.25. The van der Waals surface area contributed by atoms with Crippen LogP contribution in [0.2, 0.25) is 0 Å². The third-order valence-electron chi connectivity index (χ3n) is 3.48. The van der Waals surface area contributed by atoms with E-state index in [9.17, 15) is 10.1 Å². The summed E-state index contributed by atoms with van der Waals surface area (Å²) in [7, 11) is 0. The SMILES string of the molecule is O=[N+]([O-])c1c(NCc2nnc3ccccn23)nc2ccccn12. The number of imidazole rings is 1. The maximum atomic E-state index is 11.3. The Morgan fingerprint density at radius 1 is 1.04 bits per heavy atom. The average molecular weight is 309 g/mol. The Kier molecular flexibility index (Phi) is 2.90. The van der Waals surface area contributed by atoms with Crippen molar-refractivity contribution in [2.75, 3.05) is 5.32 Å². The second-order valence-corrected chi connectivity index (χ2v) is 4.87. The van der Waals surface area contributed by atoms with Gasteiger partial charge in [-0.2, -0.15) is 9.38 Å². The lowest BCUT2D eigenvalue weighted by molar-refractivity contribution is -0.389. The van der Waals surface area contributed by atoms with E-state index >= 15 is 0 Å². The summed E-state index contributed by atoms with van der Waals surface area (Å²) in [5.74, 6) is 0.746. The molecule has 9 nitrogen and oxygen atoms in total. The molecule has 4 aromatic heterocycles. The number of nitrogens with one attached hydrogen (secondary N) is 1. The molecule has 114 valence electrons. The number of nitro groups is 1. The Bertz CT molecular complexity index is 1020. The summed E-state index contributed by atoms with van der Waals surface area (Å²) in [5.41, 5.74) is 1.22. The van der Waals surface area contributed by atoms with E-state index in [1.807, 2.05) is 28.8 Å². The summed E-state index contributed by atoms with van der Waals surface area (Å²) >= 11 is 0. The Labute approximate surface area is 129 Å². The Morgan fingerprint density at radius 2 is 1.78 bits per heavy atom. The van der Waals surface area contributed by atoms with E-state index in [0.717, 1.165) is 0 Å². The molecule has 4 heterocycles. The van der Waals surface area contributed by atoms with Crippen molar-refractivity contribution < 1.29 is 4.92 Å². The van der Waals surface area contributed by atoms with Gasteiger partial charge in [-0.25, -0.2) is 0 Å². The molecule has 4 rings (SSSR count). The van der Waals surface area contributed by atoms with E-state index in [2.05, 4.69) is 20.5 Å². The summed E-state index contributed by atoms with van der Waals surface area (Å²) in [6, 6.07) is 10.8. The molecule has 0 aliphatic rings. The first-order chi connectivity index (χ1) is 11.2. The van der Waals surface area contributed by atoms with Crippen molar-refractivity contribution in [1.82, 2.24) is 24.0 Å². The molecular formula is C14H11N7O2. The van der Waals surface area contributed by atoms with E-state index in [1.165, 1.54) is 4.40 Å². The molecule has 0 radical (unpaired) electrons. The van der Waals surface area contributed by atoms with Gasteiger partial charge >= 0.3 is 5.82 Å². The minimum atomic E-state index is -0.454. The summed E-state index contributed by atoms with van der Waals surface area (Å²) in [4.78, 5) is 15.2. The van der Waals surface area contributed by atoms with Crippen LogP contribution in [0.4, 0.5) is 11.6 Å². The van der Waals surface area contributed by atoms with Gasteiger partial charge in [-0.3, -0.25) is 4.40 Å². The lowest BCUT2D eigenvalue weighted by atomic mass is 10.4. The minimum absolute atomic E-state index is 0.102. The Morgan fingerprint density at radius 3 is 2.57 bits per heavy atom. The third-order valence-corrected chi connectivity index (χ3v) is 3.48. The highest BCUT2D eigenvalue weighted by Crippen LogP contribution is 2.25. The lowest BCUT2D eigenvalue weighted by Crippen LogP contribution is -2.06. The number of hydrogen-bond acceptors (Lipinski definition) is 6. The van der Waals surface area contributed by atoms with Crippen LogP contribution in [0.15, 0.2) is 48.8 Å². The van der Waals surface area contributed by atoms with Gasteiger partial charge in [0.1, 0.15) is 0 Å². The molecule has 0 fully saturated rings. The number of fused-ring (bicyclic) bond motifs is 2. The van der Waals surface area contributed by atoms with Crippen LogP contribution >= 0.6 is 0 Å². The number of aromatic nitrogens is 5. The normalized spacial score (nSPS) is 11.1. The molecule has 0 bridgehead atoms. The van der Waals surface area contributed by atoms with Crippen molar-refractivity contribution >= 4 is 22.9 Å². The van der Waals surface area contributed by atoms with Crippen molar-refractivity contribution in [3.8, 4) is 0 Å². The highest BCUT2D eigenvalue weighted by Gasteiger charge is 2.22. The van der Waals surface area contributed by atoms with Gasteiger partial charge in [0.25, 0.3) is 0 Å². The molecule has 0 unspecified atom stereocenters. The third kappa shape index (κ3) is 2.14. The number of nitrogens with zero attached hydrogens (tertiary/aromatic N) is 6. The number of rotatable bonds is 4. The predicted molar refractivity (Wildman–Crippen MR) is 82.2 cm³/mol. The van der Waals surface area contributed by atoms with Gasteiger partial charge in [0.15, 0.2) is 11.5 Å². The first-order valence-corrected chi connectivity index (χ1v) is 6.88. The fourth-order valence-corrected chi connectivity index (χ4v) is 2.45. The summed E-state index contributed by atoms with van der Waals surface area (Å²) in [5, 5.41) is 22.5. The molecule has 4 aromatic rings. The van der Waals surface area contributed by atoms with Crippen molar-refractivity contribution in [2.24, 2.45) is 0 Å². The predicted octanol–water partition coefficient (Wildman–Crippen LogP) is 1.90. The smallest absolute Gasteiger partial charge is 0.358 e. The number of pyridine rings is 2. The molecule has 0 aliphatic carbocycles. The maximum Gasteiger partial charge on any atom is 0.372 e. The Hall–Kier alpha value is -3.49. The van der Waals surface area contributed by atoms with Gasteiger partial charge in [-0.1, -0.05) is 12.1 Å². The van der Waals surface area contributed by atoms with Crippen molar-refractivity contribution in [3.05, 3.63) is 64.7 Å². The molecule has 0 aromatic carbocycles. The van der Waals surface area contributed by atoms with Gasteiger partial charge in [0, 0.05) is 12.3 Å². The van der Waals surface area contributed by atoms with Crippen LogP contribution in [-0.4, -0.2) is 28.9 Å². The van der Waals surface area contributed by atoms with Crippen LogP contribution in [-0.2, 0) is 6.54 Å². The lowest BCUT2D eigenvalue weighted by Gasteiger charge is -2.02. The van der Waals surface area contributed by atoms with Crippen LogP contribution in [0.25, 0.3) is 11.3 Å². The zero-order valence-electron chi connectivity index (χ0n) is 11.8. The van der Waals surface area contributed by atoms with E-state index < -0.39 is 4.92 Å². The van der Waals surface area contributed by atoms with Crippen LogP contribution in [0.1, 0.15) is 5.82 Å². The molecule has 0 saturated carbocycles. The van der Waals surface area contributed by atoms with E-state index in [0.29, 0.717) is 17.1 Å². The minimum Gasteiger partial charge on any atom is -0.358 e. The molecule has 0 aliphatic heterocycles. The molecule has 1 N–H and O–H groups in total. The van der Waals surface area contributed by atoms with Crippen molar-refractivity contribution in [3.63, 3.8) is 0 Å². The zero-order chi connectivity index (χ0) is 15.8. The fraction of sp³-hybridized carbons (Fsp3) is 0.0714. The number of hydrogen-bond donors (Lipinski definition) is 1. The quantitative estimate of drug-likeness (QED) is 0.456. The first kappa shape index (κ1) is 13.2. The standard InChI is InChI=1S/C14H11N7O2/c22-21(23)14-13(16-10-5-1-4-8-20(10)14)15-9-12-18-17-11-6-2-3-7-19(11)12/h1-8,15H,9H2. The molecule has 9 heteroatoms. The second kappa shape index (κ2) is 5.05. The van der Waals surface area contributed by atoms with E-state index in [1.54, 1.807) is 24.4 Å². The molecular weight excluding hydrogens is 298 g/mol. The molecule has 0 atom stereocenters. The molecule has 0 amide bonds. The Balaban J connectivity index is 1.70. The molecule has 0 spiro atoms. The van der Waals surface area contributed by atoms with Gasteiger partial charge in [0.2, 0.25) is 11.5 Å². The highest BCUT2D eigenvalue weighted by atomic mass is 16.6. The van der Waals surface area contributed by atoms with Gasteiger partial charge in [-0.15, -0.1) is 10.2 Å². The fourth-order valence-electron chi connectivity index (χ4n) is 2.45. The average Bonchev–Trinajstić information content (AvgIpc) is 3.13. The summed E-state index contributed by atoms with van der Waals surface area (Å²) in [6.45, 7) is 0.274. The highest BCUT2D eigenvalue weighted by molar-refractivity contribution is 5.62. The topological polar surface area (TPSA) is 103 Å².